The predicted octanol–water partition coefficient (Wildman–Crippen LogP) is 3.82. The minimum Gasteiger partial charge on any atom is -0.440 e. The Morgan fingerprint density at radius 1 is 1.17 bits per heavy atom. The van der Waals surface area contributed by atoms with Crippen LogP contribution in [0.4, 0.5) is 0 Å². The van der Waals surface area contributed by atoms with Gasteiger partial charge in [0.05, 0.1) is 12.0 Å². The molecule has 3 heterocycles. The van der Waals surface area contributed by atoms with Gasteiger partial charge in [-0.3, -0.25) is 9.69 Å². The Morgan fingerprint density at radius 3 is 2.77 bits per heavy atom. The van der Waals surface area contributed by atoms with Gasteiger partial charge in [-0.1, -0.05) is 18.6 Å². The number of piperidine rings is 2. The molecule has 2 N–H and O–H groups in total. The van der Waals surface area contributed by atoms with E-state index in [0.29, 0.717) is 18.0 Å². The molecule has 1 aromatic heterocycles. The van der Waals surface area contributed by atoms with Crippen molar-refractivity contribution in [2.45, 2.75) is 82.8 Å². The van der Waals surface area contributed by atoms with E-state index < -0.39 is 0 Å². The van der Waals surface area contributed by atoms with Crippen molar-refractivity contribution < 1.29 is 9.21 Å². The molecule has 164 valence electrons. The zero-order chi connectivity index (χ0) is 20.9. The average Bonchev–Trinajstić information content (AvgIpc) is 3.19. The summed E-state index contributed by atoms with van der Waals surface area (Å²) in [4.78, 5) is 20.2. The third-order valence-corrected chi connectivity index (χ3v) is 6.89. The van der Waals surface area contributed by atoms with E-state index in [0.717, 1.165) is 56.4 Å². The van der Waals surface area contributed by atoms with E-state index in [1.54, 1.807) is 0 Å². The number of rotatable bonds is 7. The number of hydrogen-bond acceptors (Lipinski definition) is 5. The topological polar surface area (TPSA) is 70.4 Å². The first-order valence-corrected chi connectivity index (χ1v) is 11.8. The average molecular weight is 413 g/mol. The molecule has 2 aliphatic heterocycles. The first kappa shape index (κ1) is 21.3. The molecule has 1 unspecified atom stereocenters. The molecule has 6 heteroatoms. The van der Waals surface area contributed by atoms with Gasteiger partial charge in [-0.15, -0.1) is 0 Å². The molecule has 4 rings (SSSR count). The SMILES string of the molecule is C[C@H]1CCC[C@H](C)N1CCCCNC(=O)[C@H]1NCCCC1c1nc2ccccc2o1. The van der Waals surface area contributed by atoms with Crippen molar-refractivity contribution in [1.82, 2.24) is 20.5 Å². The molecule has 2 fully saturated rings. The largest absolute Gasteiger partial charge is 0.440 e. The molecule has 2 saturated heterocycles. The quantitative estimate of drug-likeness (QED) is 0.677. The van der Waals surface area contributed by atoms with Crippen molar-refractivity contribution >= 4 is 17.0 Å². The molecule has 0 aliphatic carbocycles. The third-order valence-electron chi connectivity index (χ3n) is 6.89. The minimum atomic E-state index is -0.269. The molecule has 2 aliphatic rings. The first-order valence-electron chi connectivity index (χ1n) is 11.8. The number of likely N-dealkylation sites (tertiary alicyclic amines) is 1. The third kappa shape index (κ3) is 4.86. The van der Waals surface area contributed by atoms with Gasteiger partial charge < -0.3 is 15.1 Å². The molecule has 0 spiro atoms. The van der Waals surface area contributed by atoms with E-state index in [-0.39, 0.29) is 17.9 Å². The Kier molecular flexibility index (Phi) is 7.05. The lowest BCUT2D eigenvalue weighted by Gasteiger charge is -2.39. The predicted molar refractivity (Wildman–Crippen MR) is 119 cm³/mol. The number of aromatic nitrogens is 1. The highest BCUT2D eigenvalue weighted by Gasteiger charge is 2.35. The van der Waals surface area contributed by atoms with E-state index >= 15 is 0 Å². The molecule has 30 heavy (non-hydrogen) atoms. The van der Waals surface area contributed by atoms with E-state index in [1.165, 1.54) is 19.3 Å². The summed E-state index contributed by atoms with van der Waals surface area (Å²) in [6, 6.07) is 8.90. The number of carbonyl (C=O) groups is 1. The Bertz CT molecular complexity index is 792. The summed E-state index contributed by atoms with van der Waals surface area (Å²) in [7, 11) is 0. The fraction of sp³-hybridized carbons (Fsp3) is 0.667. The molecule has 1 aromatic carbocycles. The molecule has 1 amide bonds. The summed E-state index contributed by atoms with van der Waals surface area (Å²) < 4.78 is 5.98. The van der Waals surface area contributed by atoms with Crippen LogP contribution in [0.25, 0.3) is 11.1 Å². The first-order chi connectivity index (χ1) is 14.6. The Labute approximate surface area is 179 Å². The van der Waals surface area contributed by atoms with E-state index in [1.807, 2.05) is 24.3 Å². The minimum absolute atomic E-state index is 0.0128. The Hall–Kier alpha value is -1.92. The van der Waals surface area contributed by atoms with Crippen LogP contribution >= 0.6 is 0 Å². The number of benzene rings is 1. The van der Waals surface area contributed by atoms with E-state index in [9.17, 15) is 4.79 Å². The summed E-state index contributed by atoms with van der Waals surface area (Å²) in [5.41, 5.74) is 1.65. The monoisotopic (exact) mass is 412 g/mol. The lowest BCUT2D eigenvalue weighted by atomic mass is 9.90. The smallest absolute Gasteiger partial charge is 0.237 e. The maximum absolute atomic E-state index is 12.9. The molecule has 0 radical (unpaired) electrons. The van der Waals surface area contributed by atoms with E-state index in [4.69, 9.17) is 4.42 Å². The van der Waals surface area contributed by atoms with Crippen LogP contribution in [-0.4, -0.2) is 53.6 Å². The second-order valence-corrected chi connectivity index (χ2v) is 9.07. The standard InChI is InChI=1S/C24H36N4O2/c1-17-9-7-10-18(2)28(17)16-6-5-14-26-23(29)22-19(11-8-15-25-22)24-27-20-12-3-4-13-21(20)30-24/h3-4,12-13,17-19,22,25H,5-11,14-16H2,1-2H3,(H,26,29)/t17-,18-,19?,22-/m0/s1. The van der Waals surface area contributed by atoms with Crippen molar-refractivity contribution in [3.8, 4) is 0 Å². The zero-order valence-corrected chi connectivity index (χ0v) is 18.4. The number of nitrogens with one attached hydrogen (secondary N) is 2. The van der Waals surface area contributed by atoms with E-state index in [2.05, 4.69) is 34.4 Å². The van der Waals surface area contributed by atoms with Crippen LogP contribution in [0.5, 0.6) is 0 Å². The van der Waals surface area contributed by atoms with Crippen molar-refractivity contribution in [3.05, 3.63) is 30.2 Å². The summed E-state index contributed by atoms with van der Waals surface area (Å²) in [6.45, 7) is 7.41. The fourth-order valence-corrected chi connectivity index (χ4v) is 5.14. The molecule has 0 bridgehead atoms. The number of carbonyl (C=O) groups excluding carboxylic acids is 1. The van der Waals surface area contributed by atoms with Crippen LogP contribution < -0.4 is 10.6 Å². The van der Waals surface area contributed by atoms with Gasteiger partial charge in [0.25, 0.3) is 0 Å². The van der Waals surface area contributed by atoms with Gasteiger partial charge in [0, 0.05) is 18.6 Å². The molecule has 0 saturated carbocycles. The highest BCUT2D eigenvalue weighted by atomic mass is 16.3. The van der Waals surface area contributed by atoms with Gasteiger partial charge in [-0.2, -0.15) is 0 Å². The summed E-state index contributed by atoms with van der Waals surface area (Å²) >= 11 is 0. The Balaban J connectivity index is 1.27. The van der Waals surface area contributed by atoms with Crippen molar-refractivity contribution in [2.24, 2.45) is 0 Å². The van der Waals surface area contributed by atoms with Gasteiger partial charge in [-0.25, -0.2) is 4.98 Å². The van der Waals surface area contributed by atoms with Gasteiger partial charge in [0.15, 0.2) is 5.58 Å². The highest BCUT2D eigenvalue weighted by molar-refractivity contribution is 5.83. The van der Waals surface area contributed by atoms with Gasteiger partial charge in [0.1, 0.15) is 5.52 Å². The molecule has 2 aromatic rings. The number of fused-ring (bicyclic) bond motifs is 1. The second-order valence-electron chi connectivity index (χ2n) is 9.07. The van der Waals surface area contributed by atoms with Crippen molar-refractivity contribution in [3.63, 3.8) is 0 Å². The number of hydrogen-bond donors (Lipinski definition) is 2. The fourth-order valence-electron chi connectivity index (χ4n) is 5.14. The maximum atomic E-state index is 12.9. The van der Waals surface area contributed by atoms with Crippen LogP contribution in [-0.2, 0) is 4.79 Å². The lowest BCUT2D eigenvalue weighted by molar-refractivity contribution is -0.124. The highest BCUT2D eigenvalue weighted by Crippen LogP contribution is 2.30. The number of nitrogens with zero attached hydrogens (tertiary/aromatic N) is 2. The maximum Gasteiger partial charge on any atom is 0.237 e. The van der Waals surface area contributed by atoms with Crippen LogP contribution in [0, 0.1) is 0 Å². The summed E-state index contributed by atoms with van der Waals surface area (Å²) in [5.74, 6) is 0.736. The normalized spacial score (nSPS) is 27.9. The lowest BCUT2D eigenvalue weighted by Crippen LogP contribution is -2.51. The number of amides is 1. The molecule has 6 nitrogen and oxygen atoms in total. The Morgan fingerprint density at radius 2 is 1.97 bits per heavy atom. The van der Waals surface area contributed by atoms with Crippen LogP contribution in [0.2, 0.25) is 0 Å². The van der Waals surface area contributed by atoms with Crippen LogP contribution in [0.1, 0.15) is 70.6 Å². The van der Waals surface area contributed by atoms with Gasteiger partial charge in [0.2, 0.25) is 11.8 Å². The summed E-state index contributed by atoms with van der Waals surface area (Å²) in [6.07, 6.45) is 8.06. The molecular formula is C24H36N4O2. The van der Waals surface area contributed by atoms with Gasteiger partial charge in [-0.05, 0) is 77.6 Å². The molecule has 4 atom stereocenters. The van der Waals surface area contributed by atoms with Crippen LogP contribution in [0.3, 0.4) is 0 Å². The second kappa shape index (κ2) is 9.92. The van der Waals surface area contributed by atoms with Crippen LogP contribution in [0.15, 0.2) is 28.7 Å². The van der Waals surface area contributed by atoms with Crippen molar-refractivity contribution in [2.75, 3.05) is 19.6 Å². The zero-order valence-electron chi connectivity index (χ0n) is 18.4. The number of para-hydroxylation sites is 2. The summed E-state index contributed by atoms with van der Waals surface area (Å²) in [5, 5.41) is 6.55. The number of unbranched alkanes of at least 4 members (excludes halogenated alkanes) is 1. The van der Waals surface area contributed by atoms with Gasteiger partial charge >= 0.3 is 0 Å². The van der Waals surface area contributed by atoms with Crippen molar-refractivity contribution in [1.29, 1.82) is 0 Å². The number of oxazole rings is 1. The molecular weight excluding hydrogens is 376 g/mol.